The number of nitrogens with zero attached hydrogens (tertiary/aromatic N) is 3. The number of anilines is 3. The van der Waals surface area contributed by atoms with Crippen molar-refractivity contribution in [1.82, 2.24) is 10.2 Å². The van der Waals surface area contributed by atoms with Gasteiger partial charge in [0.1, 0.15) is 10.6 Å². The number of piperidine rings is 1. The second-order valence-corrected chi connectivity index (χ2v) is 12.3. The molecule has 2 aliphatic rings. The van der Waals surface area contributed by atoms with Crippen LogP contribution in [0.1, 0.15) is 34.3 Å². The number of methoxy groups -OCH3 is 1. The smallest absolute Gasteiger partial charge is 0.254 e. The second-order valence-electron chi connectivity index (χ2n) is 10.8. The maximum Gasteiger partial charge on any atom is 0.254 e. The van der Waals surface area contributed by atoms with Crippen LogP contribution in [0, 0.1) is 13.8 Å². The van der Waals surface area contributed by atoms with E-state index >= 15 is 0 Å². The minimum atomic E-state index is -3.85. The second kappa shape index (κ2) is 12.1. The van der Waals surface area contributed by atoms with E-state index in [1.54, 1.807) is 25.3 Å². The van der Waals surface area contributed by atoms with Gasteiger partial charge in [-0.25, -0.2) is 13.6 Å². The van der Waals surface area contributed by atoms with Crippen molar-refractivity contribution < 1.29 is 17.9 Å². The average molecular weight is 578 g/mol. The number of ether oxygens (including phenoxy) is 1. The van der Waals surface area contributed by atoms with Crippen molar-refractivity contribution >= 4 is 33.0 Å². The van der Waals surface area contributed by atoms with E-state index in [4.69, 9.17) is 9.88 Å². The molecule has 218 valence electrons. The average Bonchev–Trinajstić information content (AvgIpc) is 2.98. The van der Waals surface area contributed by atoms with E-state index in [1.165, 1.54) is 6.07 Å². The summed E-state index contributed by atoms with van der Waals surface area (Å²) in [5.74, 6) is 0.781. The fourth-order valence-corrected chi connectivity index (χ4v) is 6.74. The molecule has 0 aromatic heterocycles. The van der Waals surface area contributed by atoms with Gasteiger partial charge in [0.15, 0.2) is 0 Å². The Morgan fingerprint density at radius 2 is 1.66 bits per heavy atom. The monoisotopic (exact) mass is 577 g/mol. The van der Waals surface area contributed by atoms with E-state index in [0.717, 1.165) is 54.2 Å². The fraction of sp³-hybridized carbons (Fsp3) is 0.387. The van der Waals surface area contributed by atoms with Crippen molar-refractivity contribution in [1.29, 1.82) is 0 Å². The number of para-hydroxylation sites is 1. The number of piperazine rings is 1. The van der Waals surface area contributed by atoms with Crippen LogP contribution >= 0.6 is 0 Å². The highest BCUT2D eigenvalue weighted by atomic mass is 32.2. The van der Waals surface area contributed by atoms with Crippen LogP contribution in [0.4, 0.5) is 17.1 Å². The molecule has 41 heavy (non-hydrogen) atoms. The molecule has 9 nitrogen and oxygen atoms in total. The summed E-state index contributed by atoms with van der Waals surface area (Å²) in [6.45, 7) is 7.97. The number of carbonyl (C=O) groups is 1. The highest BCUT2D eigenvalue weighted by molar-refractivity contribution is 7.89. The molecule has 0 bridgehead atoms. The standard InChI is InChI=1S/C31H39N5O4S/c1-22-19-23(2)29(36(24-11-13-33-14-12-24)25-7-6-8-26(20-25)40-3)21-27(22)31(37)35-17-15-34(16-18-35)28-9-4-5-10-30(28)41(32,38)39/h4-10,19-21,24,33H,11-18H2,1-3H3,(H2,32,38,39). The number of hydrogen-bond acceptors (Lipinski definition) is 7. The lowest BCUT2D eigenvalue weighted by Gasteiger charge is -2.39. The number of aryl methyl sites for hydroxylation is 2. The third-order valence-corrected chi connectivity index (χ3v) is 9.08. The Kier molecular flexibility index (Phi) is 8.53. The van der Waals surface area contributed by atoms with Crippen LogP contribution in [0.3, 0.4) is 0 Å². The van der Waals surface area contributed by atoms with Gasteiger partial charge in [0.25, 0.3) is 5.91 Å². The Morgan fingerprint density at radius 3 is 2.34 bits per heavy atom. The number of benzene rings is 3. The molecule has 2 saturated heterocycles. The Morgan fingerprint density at radius 1 is 0.951 bits per heavy atom. The van der Waals surface area contributed by atoms with Gasteiger partial charge in [-0.1, -0.05) is 24.3 Å². The van der Waals surface area contributed by atoms with Gasteiger partial charge < -0.3 is 24.8 Å². The van der Waals surface area contributed by atoms with E-state index in [0.29, 0.717) is 37.4 Å². The number of amides is 1. The number of primary sulfonamides is 1. The first-order valence-electron chi connectivity index (χ1n) is 14.1. The Bertz CT molecular complexity index is 1510. The molecule has 0 spiro atoms. The van der Waals surface area contributed by atoms with E-state index in [9.17, 15) is 13.2 Å². The van der Waals surface area contributed by atoms with Gasteiger partial charge >= 0.3 is 0 Å². The van der Waals surface area contributed by atoms with Crippen LogP contribution < -0.4 is 25.0 Å². The van der Waals surface area contributed by atoms with Gasteiger partial charge in [-0.3, -0.25) is 4.79 Å². The first-order chi connectivity index (χ1) is 19.7. The normalized spacial score (nSPS) is 16.5. The number of nitrogens with two attached hydrogens (primary N) is 1. The Balaban J connectivity index is 1.43. The molecule has 0 unspecified atom stereocenters. The van der Waals surface area contributed by atoms with Crippen molar-refractivity contribution in [3.63, 3.8) is 0 Å². The lowest BCUT2D eigenvalue weighted by Crippen LogP contribution is -2.49. The van der Waals surface area contributed by atoms with Gasteiger partial charge in [0.05, 0.1) is 12.8 Å². The van der Waals surface area contributed by atoms with Crippen molar-refractivity contribution in [2.75, 3.05) is 56.2 Å². The SMILES string of the molecule is COc1cccc(N(c2cc(C(=O)N3CCN(c4ccccc4S(N)(=O)=O)CC3)c(C)cc2C)C2CCNCC2)c1. The Hall–Kier alpha value is -3.60. The zero-order valence-corrected chi connectivity index (χ0v) is 24.8. The zero-order chi connectivity index (χ0) is 29.1. The van der Waals surface area contributed by atoms with E-state index in [-0.39, 0.29) is 16.8 Å². The molecule has 3 aromatic rings. The van der Waals surface area contributed by atoms with Crippen LogP contribution in [-0.4, -0.2) is 71.6 Å². The zero-order valence-electron chi connectivity index (χ0n) is 24.0. The van der Waals surface area contributed by atoms with Crippen molar-refractivity contribution in [2.24, 2.45) is 5.14 Å². The third-order valence-electron chi connectivity index (χ3n) is 8.12. The fourth-order valence-electron chi connectivity index (χ4n) is 5.98. The van der Waals surface area contributed by atoms with Gasteiger partial charge in [-0.15, -0.1) is 0 Å². The molecular weight excluding hydrogens is 538 g/mol. The van der Waals surface area contributed by atoms with Crippen LogP contribution in [-0.2, 0) is 10.0 Å². The van der Waals surface area contributed by atoms with E-state index in [2.05, 4.69) is 41.4 Å². The van der Waals surface area contributed by atoms with Crippen LogP contribution in [0.15, 0.2) is 65.6 Å². The van der Waals surface area contributed by atoms with Gasteiger partial charge in [0, 0.05) is 55.2 Å². The highest BCUT2D eigenvalue weighted by Gasteiger charge is 2.29. The maximum atomic E-state index is 13.9. The largest absolute Gasteiger partial charge is 0.497 e. The first kappa shape index (κ1) is 28.9. The van der Waals surface area contributed by atoms with Gasteiger partial charge in [-0.2, -0.15) is 0 Å². The van der Waals surface area contributed by atoms with Crippen molar-refractivity contribution in [3.8, 4) is 5.75 Å². The number of sulfonamides is 1. The van der Waals surface area contributed by atoms with Crippen LogP contribution in [0.25, 0.3) is 0 Å². The molecule has 10 heteroatoms. The number of hydrogen-bond donors (Lipinski definition) is 2. The predicted molar refractivity (Wildman–Crippen MR) is 163 cm³/mol. The predicted octanol–water partition coefficient (Wildman–Crippen LogP) is 3.81. The van der Waals surface area contributed by atoms with Crippen LogP contribution in [0.5, 0.6) is 5.75 Å². The molecule has 0 atom stereocenters. The number of carbonyl (C=O) groups excluding carboxylic acids is 1. The molecule has 0 radical (unpaired) electrons. The molecule has 2 heterocycles. The molecular formula is C31H39N5O4S. The summed E-state index contributed by atoms with van der Waals surface area (Å²) >= 11 is 0. The number of rotatable bonds is 7. The minimum absolute atomic E-state index is 0.0148. The lowest BCUT2D eigenvalue weighted by molar-refractivity contribution is 0.0746. The van der Waals surface area contributed by atoms with E-state index < -0.39 is 10.0 Å². The lowest BCUT2D eigenvalue weighted by atomic mass is 9.97. The summed E-state index contributed by atoms with van der Waals surface area (Å²) in [6.07, 6.45) is 1.99. The molecule has 3 aromatic carbocycles. The van der Waals surface area contributed by atoms with Gasteiger partial charge in [-0.05, 0) is 81.2 Å². The summed E-state index contributed by atoms with van der Waals surface area (Å²) < 4.78 is 29.8. The Labute approximate surface area is 242 Å². The summed E-state index contributed by atoms with van der Waals surface area (Å²) in [5, 5.41) is 8.92. The summed E-state index contributed by atoms with van der Waals surface area (Å²) in [6, 6.07) is 19.3. The van der Waals surface area contributed by atoms with Crippen molar-refractivity contribution in [2.45, 2.75) is 37.6 Å². The number of nitrogens with one attached hydrogen (secondary N) is 1. The minimum Gasteiger partial charge on any atom is -0.497 e. The maximum absolute atomic E-state index is 13.9. The summed E-state index contributed by atoms with van der Waals surface area (Å²) in [5.41, 5.74) is 5.39. The molecule has 3 N–H and O–H groups in total. The molecule has 0 saturated carbocycles. The molecule has 2 fully saturated rings. The summed E-state index contributed by atoms with van der Waals surface area (Å²) in [7, 11) is -2.18. The molecule has 5 rings (SSSR count). The summed E-state index contributed by atoms with van der Waals surface area (Å²) in [4.78, 5) is 20.3. The molecule has 0 aliphatic carbocycles. The third kappa shape index (κ3) is 6.19. The quantitative estimate of drug-likeness (QED) is 0.440. The molecule has 1 amide bonds. The molecule has 2 aliphatic heterocycles. The van der Waals surface area contributed by atoms with Gasteiger partial charge in [0.2, 0.25) is 10.0 Å². The van der Waals surface area contributed by atoms with Crippen molar-refractivity contribution in [3.05, 3.63) is 77.4 Å². The van der Waals surface area contributed by atoms with Crippen LogP contribution in [0.2, 0.25) is 0 Å². The van der Waals surface area contributed by atoms with E-state index in [1.807, 2.05) is 28.9 Å². The topological polar surface area (TPSA) is 108 Å². The first-order valence-corrected chi connectivity index (χ1v) is 15.6. The highest BCUT2D eigenvalue weighted by Crippen LogP contribution is 2.37.